The van der Waals surface area contributed by atoms with Gasteiger partial charge in [0.05, 0.1) is 18.3 Å². The van der Waals surface area contributed by atoms with Gasteiger partial charge < -0.3 is 4.74 Å². The first kappa shape index (κ1) is 16.9. The molecule has 0 atom stereocenters. The Hall–Kier alpha value is -2.92. The first-order chi connectivity index (χ1) is 12.2. The molecule has 3 aromatic rings. The highest BCUT2D eigenvalue weighted by Crippen LogP contribution is 2.19. The van der Waals surface area contributed by atoms with Gasteiger partial charge in [-0.25, -0.2) is 10.4 Å². The highest BCUT2D eigenvalue weighted by Gasteiger charge is 2.05. The maximum absolute atomic E-state index is 12.1. The van der Waals surface area contributed by atoms with Crippen LogP contribution in [0.4, 0.5) is 0 Å². The van der Waals surface area contributed by atoms with E-state index in [2.05, 4.69) is 15.5 Å². The third-order valence-corrected chi connectivity index (χ3v) is 3.80. The zero-order valence-corrected chi connectivity index (χ0v) is 14.3. The van der Waals surface area contributed by atoms with Crippen molar-refractivity contribution in [1.82, 2.24) is 10.4 Å². The van der Waals surface area contributed by atoms with Crippen molar-refractivity contribution in [3.63, 3.8) is 0 Å². The molecule has 2 aromatic carbocycles. The fourth-order valence-electron chi connectivity index (χ4n) is 2.29. The number of aromatic nitrogens is 1. The molecule has 0 unspecified atom stereocenters. The molecule has 0 saturated heterocycles. The molecule has 0 aliphatic heterocycles. The molecule has 1 aromatic heterocycles. The smallest absolute Gasteiger partial charge is 0.271 e. The topological polar surface area (TPSA) is 63.6 Å². The summed E-state index contributed by atoms with van der Waals surface area (Å²) in [5, 5.41) is 5.25. The minimum absolute atomic E-state index is 0.316. The van der Waals surface area contributed by atoms with Gasteiger partial charge in [-0.1, -0.05) is 29.8 Å². The third-order valence-electron chi connectivity index (χ3n) is 3.50. The molecule has 1 amide bonds. The van der Waals surface area contributed by atoms with E-state index >= 15 is 0 Å². The SMILES string of the molecule is CCOc1ccc(C(=O)N/N=C\c2cc3ccccc3nc2Cl)cc1. The van der Waals surface area contributed by atoms with Crippen molar-refractivity contribution in [2.24, 2.45) is 5.10 Å². The van der Waals surface area contributed by atoms with Crippen molar-refractivity contribution in [3.8, 4) is 5.75 Å². The quantitative estimate of drug-likeness (QED) is 0.427. The molecule has 25 heavy (non-hydrogen) atoms. The van der Waals surface area contributed by atoms with E-state index in [-0.39, 0.29) is 5.91 Å². The lowest BCUT2D eigenvalue weighted by Crippen LogP contribution is -2.17. The molecule has 6 heteroatoms. The molecule has 5 nitrogen and oxygen atoms in total. The van der Waals surface area contributed by atoms with Gasteiger partial charge in [0.15, 0.2) is 0 Å². The van der Waals surface area contributed by atoms with Crippen LogP contribution in [0.25, 0.3) is 10.9 Å². The van der Waals surface area contributed by atoms with Crippen LogP contribution in [-0.2, 0) is 0 Å². The second kappa shape index (κ2) is 7.77. The summed E-state index contributed by atoms with van der Waals surface area (Å²) in [6, 6.07) is 16.4. The van der Waals surface area contributed by atoms with E-state index in [4.69, 9.17) is 16.3 Å². The Morgan fingerprint density at radius 3 is 2.76 bits per heavy atom. The first-order valence-corrected chi connectivity index (χ1v) is 8.16. The number of hydrogen-bond donors (Lipinski definition) is 1. The minimum Gasteiger partial charge on any atom is -0.494 e. The first-order valence-electron chi connectivity index (χ1n) is 7.79. The monoisotopic (exact) mass is 353 g/mol. The van der Waals surface area contributed by atoms with Gasteiger partial charge in [0.2, 0.25) is 0 Å². The summed E-state index contributed by atoms with van der Waals surface area (Å²) in [6.45, 7) is 2.48. The van der Waals surface area contributed by atoms with Crippen LogP contribution in [0.3, 0.4) is 0 Å². The van der Waals surface area contributed by atoms with Gasteiger partial charge in [-0.05, 0) is 43.3 Å². The highest BCUT2D eigenvalue weighted by molar-refractivity contribution is 6.32. The van der Waals surface area contributed by atoms with Crippen LogP contribution in [0.5, 0.6) is 5.75 Å². The van der Waals surface area contributed by atoms with Crippen LogP contribution in [0.15, 0.2) is 59.7 Å². The maximum Gasteiger partial charge on any atom is 0.271 e. The molecule has 0 fully saturated rings. The van der Waals surface area contributed by atoms with Crippen molar-refractivity contribution >= 4 is 34.6 Å². The Labute approximate surface area is 150 Å². The van der Waals surface area contributed by atoms with E-state index in [0.717, 1.165) is 16.7 Å². The number of amides is 1. The third kappa shape index (κ3) is 4.14. The number of para-hydroxylation sites is 1. The van der Waals surface area contributed by atoms with Crippen molar-refractivity contribution < 1.29 is 9.53 Å². The summed E-state index contributed by atoms with van der Waals surface area (Å²) in [4.78, 5) is 16.4. The largest absolute Gasteiger partial charge is 0.494 e. The minimum atomic E-state index is -0.316. The number of pyridine rings is 1. The van der Waals surface area contributed by atoms with E-state index in [1.807, 2.05) is 37.3 Å². The van der Waals surface area contributed by atoms with Crippen LogP contribution in [-0.4, -0.2) is 23.7 Å². The van der Waals surface area contributed by atoms with E-state index < -0.39 is 0 Å². The van der Waals surface area contributed by atoms with Gasteiger partial charge in [-0.3, -0.25) is 4.79 Å². The Morgan fingerprint density at radius 1 is 1.24 bits per heavy atom. The van der Waals surface area contributed by atoms with E-state index in [1.165, 1.54) is 6.21 Å². The number of ether oxygens (including phenoxy) is 1. The molecule has 0 aliphatic rings. The summed E-state index contributed by atoms with van der Waals surface area (Å²) in [5.74, 6) is 0.403. The summed E-state index contributed by atoms with van der Waals surface area (Å²) >= 11 is 6.15. The lowest BCUT2D eigenvalue weighted by molar-refractivity contribution is 0.0955. The molecular weight excluding hydrogens is 338 g/mol. The normalized spacial score (nSPS) is 11.0. The standard InChI is InChI=1S/C19H16ClN3O2/c1-2-25-16-9-7-13(8-10-16)19(24)23-21-12-15-11-14-5-3-4-6-17(14)22-18(15)20/h3-12H,2H2,1H3,(H,23,24)/b21-12-. The molecule has 126 valence electrons. The molecular formula is C19H16ClN3O2. The van der Waals surface area contributed by atoms with Crippen molar-refractivity contribution in [1.29, 1.82) is 0 Å². The van der Waals surface area contributed by atoms with E-state index in [1.54, 1.807) is 24.3 Å². The number of hydrogen-bond acceptors (Lipinski definition) is 4. The summed E-state index contributed by atoms with van der Waals surface area (Å²) in [7, 11) is 0. The second-order valence-electron chi connectivity index (χ2n) is 5.22. The van der Waals surface area contributed by atoms with Gasteiger partial charge in [-0.15, -0.1) is 0 Å². The predicted octanol–water partition coefficient (Wildman–Crippen LogP) is 4.05. The van der Waals surface area contributed by atoms with Crippen molar-refractivity contribution in [3.05, 3.63) is 70.9 Å². The Balaban J connectivity index is 1.70. The van der Waals surface area contributed by atoms with Crippen LogP contribution < -0.4 is 10.2 Å². The highest BCUT2D eigenvalue weighted by atomic mass is 35.5. The Morgan fingerprint density at radius 2 is 2.00 bits per heavy atom. The number of fused-ring (bicyclic) bond motifs is 1. The lowest BCUT2D eigenvalue weighted by atomic mass is 10.2. The zero-order valence-electron chi connectivity index (χ0n) is 13.6. The van der Waals surface area contributed by atoms with Gasteiger partial charge in [0.25, 0.3) is 5.91 Å². The number of hydrazone groups is 1. The van der Waals surface area contributed by atoms with Gasteiger partial charge >= 0.3 is 0 Å². The van der Waals surface area contributed by atoms with Gasteiger partial charge in [-0.2, -0.15) is 5.10 Å². The molecule has 0 spiro atoms. The van der Waals surface area contributed by atoms with Gasteiger partial charge in [0, 0.05) is 16.5 Å². The Kier molecular flexibility index (Phi) is 5.26. The van der Waals surface area contributed by atoms with E-state index in [9.17, 15) is 4.79 Å². The number of carbonyl (C=O) groups is 1. The molecule has 1 heterocycles. The molecule has 1 N–H and O–H groups in total. The Bertz CT molecular complexity index is 924. The lowest BCUT2D eigenvalue weighted by Gasteiger charge is -2.04. The van der Waals surface area contributed by atoms with Crippen molar-refractivity contribution in [2.45, 2.75) is 6.92 Å². The van der Waals surface area contributed by atoms with Crippen LogP contribution in [0.1, 0.15) is 22.8 Å². The average Bonchev–Trinajstić information content (AvgIpc) is 2.63. The number of nitrogens with zero attached hydrogens (tertiary/aromatic N) is 2. The molecule has 0 bridgehead atoms. The van der Waals surface area contributed by atoms with Crippen molar-refractivity contribution in [2.75, 3.05) is 6.61 Å². The molecule has 3 rings (SSSR count). The van der Waals surface area contributed by atoms with Crippen LogP contribution >= 0.6 is 11.6 Å². The van der Waals surface area contributed by atoms with Crippen LogP contribution in [0, 0.1) is 0 Å². The fraction of sp³-hybridized carbons (Fsp3) is 0.105. The molecule has 0 radical (unpaired) electrons. The predicted molar refractivity (Wildman–Crippen MR) is 99.4 cm³/mol. The summed E-state index contributed by atoms with van der Waals surface area (Å²) < 4.78 is 5.34. The fourth-order valence-corrected chi connectivity index (χ4v) is 2.49. The number of carbonyl (C=O) groups excluding carboxylic acids is 1. The van der Waals surface area contributed by atoms with Gasteiger partial charge in [0.1, 0.15) is 10.9 Å². The second-order valence-corrected chi connectivity index (χ2v) is 5.58. The number of halogens is 1. The summed E-state index contributed by atoms with van der Waals surface area (Å²) in [6.07, 6.45) is 1.48. The number of rotatable bonds is 5. The summed E-state index contributed by atoms with van der Waals surface area (Å²) in [5.41, 5.74) is 4.41. The zero-order chi connectivity index (χ0) is 17.6. The molecule has 0 aliphatic carbocycles. The maximum atomic E-state index is 12.1. The number of benzene rings is 2. The van der Waals surface area contributed by atoms with Crippen LogP contribution in [0.2, 0.25) is 5.15 Å². The van der Waals surface area contributed by atoms with E-state index in [0.29, 0.717) is 22.9 Å². The molecule has 0 saturated carbocycles. The average molecular weight is 354 g/mol. The number of nitrogens with one attached hydrogen (secondary N) is 1.